The summed E-state index contributed by atoms with van der Waals surface area (Å²) in [5.74, 6) is -1.39. The van der Waals surface area contributed by atoms with E-state index < -0.39 is 30.5 Å². The SMILES string of the molecule is CCC(CO)(CO)NC(=O)c1cc(F)cnc1Cl. The Bertz CT molecular complexity index is 430. The van der Waals surface area contributed by atoms with Crippen molar-refractivity contribution in [2.45, 2.75) is 18.9 Å². The number of aliphatic hydroxyl groups excluding tert-OH is 2. The second-order valence-corrected chi connectivity index (χ2v) is 4.25. The van der Waals surface area contributed by atoms with Gasteiger partial charge in [0.2, 0.25) is 0 Å². The molecule has 0 aliphatic rings. The first-order chi connectivity index (χ1) is 8.48. The molecule has 0 aliphatic heterocycles. The van der Waals surface area contributed by atoms with Crippen LogP contribution >= 0.6 is 11.6 Å². The number of nitrogens with zero attached hydrogens (tertiary/aromatic N) is 1. The number of aliphatic hydroxyl groups is 2. The lowest BCUT2D eigenvalue weighted by Crippen LogP contribution is -2.53. The van der Waals surface area contributed by atoms with Crippen molar-refractivity contribution in [1.29, 1.82) is 0 Å². The van der Waals surface area contributed by atoms with Crippen LogP contribution in [-0.4, -0.2) is 39.9 Å². The third kappa shape index (κ3) is 3.16. The van der Waals surface area contributed by atoms with Crippen molar-refractivity contribution in [1.82, 2.24) is 10.3 Å². The maximum atomic E-state index is 13.0. The molecule has 100 valence electrons. The number of rotatable bonds is 5. The second kappa shape index (κ2) is 6.08. The van der Waals surface area contributed by atoms with Crippen LogP contribution in [0.4, 0.5) is 4.39 Å². The molecule has 0 spiro atoms. The fourth-order valence-corrected chi connectivity index (χ4v) is 1.52. The minimum atomic E-state index is -1.16. The first-order valence-corrected chi connectivity index (χ1v) is 5.71. The van der Waals surface area contributed by atoms with Gasteiger partial charge in [0.05, 0.1) is 30.5 Å². The van der Waals surface area contributed by atoms with Gasteiger partial charge in [-0.1, -0.05) is 18.5 Å². The van der Waals surface area contributed by atoms with Gasteiger partial charge in [0.15, 0.2) is 0 Å². The normalized spacial score (nSPS) is 11.4. The van der Waals surface area contributed by atoms with E-state index in [0.29, 0.717) is 6.42 Å². The molecular formula is C11H14ClFN2O3. The first kappa shape index (κ1) is 14.8. The molecule has 1 amide bonds. The van der Waals surface area contributed by atoms with Gasteiger partial charge in [-0.3, -0.25) is 4.79 Å². The summed E-state index contributed by atoms with van der Waals surface area (Å²) in [5.41, 5.74) is -1.30. The lowest BCUT2D eigenvalue weighted by Gasteiger charge is -2.29. The Balaban J connectivity index is 2.97. The monoisotopic (exact) mass is 276 g/mol. The Labute approximate surface area is 109 Å². The summed E-state index contributed by atoms with van der Waals surface area (Å²) in [7, 11) is 0. The molecule has 1 aromatic rings. The van der Waals surface area contributed by atoms with E-state index in [0.717, 1.165) is 12.3 Å². The molecule has 1 aromatic heterocycles. The molecular weight excluding hydrogens is 263 g/mol. The Hall–Kier alpha value is -1.24. The summed E-state index contributed by atoms with van der Waals surface area (Å²) in [6.07, 6.45) is 1.20. The van der Waals surface area contributed by atoms with Crippen molar-refractivity contribution < 1.29 is 19.4 Å². The van der Waals surface area contributed by atoms with Crippen molar-refractivity contribution in [2.75, 3.05) is 13.2 Å². The summed E-state index contributed by atoms with van der Waals surface area (Å²) in [5, 5.41) is 20.7. The molecule has 0 fully saturated rings. The number of halogens is 2. The van der Waals surface area contributed by atoms with Crippen molar-refractivity contribution in [3.05, 3.63) is 28.8 Å². The number of carbonyl (C=O) groups is 1. The predicted octanol–water partition coefficient (Wildman–Crippen LogP) is 0.737. The zero-order chi connectivity index (χ0) is 13.8. The summed E-state index contributed by atoms with van der Waals surface area (Å²) < 4.78 is 13.0. The van der Waals surface area contributed by atoms with E-state index in [9.17, 15) is 19.4 Å². The molecule has 1 heterocycles. The number of carbonyl (C=O) groups excluding carboxylic acids is 1. The molecule has 0 aromatic carbocycles. The summed E-state index contributed by atoms with van der Waals surface area (Å²) in [6.45, 7) is 0.816. The fourth-order valence-electron chi connectivity index (χ4n) is 1.33. The molecule has 0 aliphatic carbocycles. The van der Waals surface area contributed by atoms with Crippen LogP contribution < -0.4 is 5.32 Å². The van der Waals surface area contributed by atoms with Gasteiger partial charge >= 0.3 is 0 Å². The molecule has 7 heteroatoms. The third-order valence-electron chi connectivity index (χ3n) is 2.71. The van der Waals surface area contributed by atoms with Crippen molar-refractivity contribution >= 4 is 17.5 Å². The Kier molecular flexibility index (Phi) is 5.01. The number of aromatic nitrogens is 1. The highest BCUT2D eigenvalue weighted by Gasteiger charge is 2.29. The van der Waals surface area contributed by atoms with Crippen LogP contribution in [0.15, 0.2) is 12.3 Å². The van der Waals surface area contributed by atoms with Crippen LogP contribution in [0.1, 0.15) is 23.7 Å². The van der Waals surface area contributed by atoms with Gasteiger partial charge in [-0.25, -0.2) is 9.37 Å². The predicted molar refractivity (Wildman–Crippen MR) is 63.9 cm³/mol. The average Bonchev–Trinajstić information content (AvgIpc) is 2.38. The summed E-state index contributed by atoms with van der Waals surface area (Å²) >= 11 is 5.69. The van der Waals surface area contributed by atoms with E-state index in [4.69, 9.17) is 11.6 Å². The Morgan fingerprint density at radius 1 is 1.56 bits per heavy atom. The van der Waals surface area contributed by atoms with Crippen molar-refractivity contribution in [2.24, 2.45) is 0 Å². The fraction of sp³-hybridized carbons (Fsp3) is 0.455. The van der Waals surface area contributed by atoms with E-state index in [-0.39, 0.29) is 10.7 Å². The van der Waals surface area contributed by atoms with Gasteiger partial charge in [0, 0.05) is 0 Å². The molecule has 0 saturated heterocycles. The zero-order valence-electron chi connectivity index (χ0n) is 9.78. The van der Waals surface area contributed by atoms with E-state index in [1.807, 2.05) is 0 Å². The van der Waals surface area contributed by atoms with Crippen LogP contribution in [0.3, 0.4) is 0 Å². The van der Waals surface area contributed by atoms with Gasteiger partial charge in [-0.15, -0.1) is 0 Å². The minimum Gasteiger partial charge on any atom is -0.394 e. The van der Waals surface area contributed by atoms with Crippen LogP contribution in [0.5, 0.6) is 0 Å². The molecule has 1 rings (SSSR count). The largest absolute Gasteiger partial charge is 0.394 e. The minimum absolute atomic E-state index is 0.142. The molecule has 0 saturated carbocycles. The van der Waals surface area contributed by atoms with Crippen LogP contribution in [0, 0.1) is 5.82 Å². The maximum absolute atomic E-state index is 13.0. The number of nitrogens with one attached hydrogen (secondary N) is 1. The quantitative estimate of drug-likeness (QED) is 0.693. The molecule has 5 nitrogen and oxygen atoms in total. The molecule has 0 radical (unpaired) electrons. The standard InChI is InChI=1S/C11H14ClFN2O3/c1-2-11(5-16,6-17)15-10(18)8-3-7(13)4-14-9(8)12/h3-4,16-17H,2,5-6H2,1H3,(H,15,18). The molecule has 0 atom stereocenters. The van der Waals surface area contributed by atoms with Gasteiger partial charge in [-0.05, 0) is 12.5 Å². The highest BCUT2D eigenvalue weighted by Crippen LogP contribution is 2.16. The summed E-state index contributed by atoms with van der Waals surface area (Å²) in [6, 6.07) is 0.944. The van der Waals surface area contributed by atoms with Gasteiger partial charge in [-0.2, -0.15) is 0 Å². The topological polar surface area (TPSA) is 82.5 Å². The zero-order valence-corrected chi connectivity index (χ0v) is 10.5. The second-order valence-electron chi connectivity index (χ2n) is 3.90. The number of hydrogen-bond acceptors (Lipinski definition) is 4. The van der Waals surface area contributed by atoms with Crippen molar-refractivity contribution in [3.63, 3.8) is 0 Å². The molecule has 0 unspecified atom stereocenters. The van der Waals surface area contributed by atoms with Crippen molar-refractivity contribution in [3.8, 4) is 0 Å². The van der Waals surface area contributed by atoms with Crippen LogP contribution in [0.2, 0.25) is 5.15 Å². The van der Waals surface area contributed by atoms with Gasteiger partial charge in [0.25, 0.3) is 5.91 Å². The summed E-state index contributed by atoms with van der Waals surface area (Å²) in [4.78, 5) is 15.4. The molecule has 3 N–H and O–H groups in total. The number of amides is 1. The van der Waals surface area contributed by atoms with Gasteiger partial charge < -0.3 is 15.5 Å². The lowest BCUT2D eigenvalue weighted by atomic mass is 9.98. The number of hydrogen-bond donors (Lipinski definition) is 3. The maximum Gasteiger partial charge on any atom is 0.255 e. The number of pyridine rings is 1. The smallest absolute Gasteiger partial charge is 0.255 e. The molecule has 18 heavy (non-hydrogen) atoms. The lowest BCUT2D eigenvalue weighted by molar-refractivity contribution is 0.0652. The average molecular weight is 277 g/mol. The van der Waals surface area contributed by atoms with Gasteiger partial charge in [0.1, 0.15) is 11.0 Å². The van der Waals surface area contributed by atoms with Crippen LogP contribution in [0.25, 0.3) is 0 Å². The first-order valence-electron chi connectivity index (χ1n) is 5.33. The van der Waals surface area contributed by atoms with E-state index in [1.54, 1.807) is 6.92 Å². The van der Waals surface area contributed by atoms with E-state index in [2.05, 4.69) is 10.3 Å². The third-order valence-corrected chi connectivity index (χ3v) is 3.01. The highest BCUT2D eigenvalue weighted by atomic mass is 35.5. The molecule has 0 bridgehead atoms. The Morgan fingerprint density at radius 3 is 2.67 bits per heavy atom. The van der Waals surface area contributed by atoms with E-state index in [1.165, 1.54) is 0 Å². The Morgan fingerprint density at radius 2 is 2.17 bits per heavy atom. The highest BCUT2D eigenvalue weighted by molar-refractivity contribution is 6.32. The van der Waals surface area contributed by atoms with E-state index >= 15 is 0 Å². The van der Waals surface area contributed by atoms with Crippen LogP contribution in [-0.2, 0) is 0 Å².